The van der Waals surface area contributed by atoms with Crippen LogP contribution in [-0.2, 0) is 11.2 Å². The Hall–Kier alpha value is -3.30. The van der Waals surface area contributed by atoms with E-state index in [1.807, 2.05) is 12.1 Å². The fraction of sp³-hybridized carbons (Fsp3) is 0.276. The summed E-state index contributed by atoms with van der Waals surface area (Å²) in [4.78, 5) is 42.3. The molecule has 3 aromatic carbocycles. The lowest BCUT2D eigenvalue weighted by Gasteiger charge is -2.37. The fourth-order valence-corrected chi connectivity index (χ4v) is 5.19. The second-order valence-electron chi connectivity index (χ2n) is 9.34. The van der Waals surface area contributed by atoms with Crippen molar-refractivity contribution in [2.24, 2.45) is 5.73 Å². The summed E-state index contributed by atoms with van der Waals surface area (Å²) in [7, 11) is 0. The zero-order valence-electron chi connectivity index (χ0n) is 21.8. The van der Waals surface area contributed by atoms with E-state index in [9.17, 15) is 14.4 Å². The fourth-order valence-electron chi connectivity index (χ4n) is 4.49. The summed E-state index contributed by atoms with van der Waals surface area (Å²) in [5.41, 5.74) is 8.44. The smallest absolute Gasteiger partial charge is 0.255 e. The van der Waals surface area contributed by atoms with E-state index in [4.69, 9.17) is 40.5 Å². The van der Waals surface area contributed by atoms with E-state index >= 15 is 0 Å². The third kappa shape index (κ3) is 7.67. The number of amides is 3. The van der Waals surface area contributed by atoms with Crippen LogP contribution in [0, 0.1) is 0 Å². The van der Waals surface area contributed by atoms with Gasteiger partial charge in [0.1, 0.15) is 0 Å². The number of nitrogens with zero attached hydrogens (tertiary/aromatic N) is 2. The van der Waals surface area contributed by atoms with Crippen LogP contribution >= 0.6 is 34.8 Å². The molecule has 0 bridgehead atoms. The van der Waals surface area contributed by atoms with Crippen molar-refractivity contribution >= 4 is 63.9 Å². The standard InChI is InChI=1S/C29H30Cl3N5O3/c30-22-3-1-2-20(16-22)29(40)35-25-17-21(28(39)34-11-9-19-4-6-23(31)18-24(19)32)5-7-26(25)36-12-14-37(15-13-36)27(38)8-10-33/h1-7,16-18H,8-15,33H2,(H,34,39)(H,35,40). The summed E-state index contributed by atoms with van der Waals surface area (Å²) < 4.78 is 0. The molecule has 8 nitrogen and oxygen atoms in total. The molecule has 0 saturated carbocycles. The van der Waals surface area contributed by atoms with Crippen LogP contribution < -0.4 is 21.3 Å². The van der Waals surface area contributed by atoms with Gasteiger partial charge in [0, 0.05) is 71.9 Å². The normalized spacial score (nSPS) is 13.2. The Morgan fingerprint density at radius 2 is 1.55 bits per heavy atom. The van der Waals surface area contributed by atoms with Crippen molar-refractivity contribution in [1.29, 1.82) is 0 Å². The molecule has 40 heavy (non-hydrogen) atoms. The predicted octanol–water partition coefficient (Wildman–Crippen LogP) is 4.87. The molecule has 4 N–H and O–H groups in total. The van der Waals surface area contributed by atoms with Crippen molar-refractivity contribution in [2.75, 3.05) is 49.5 Å². The van der Waals surface area contributed by atoms with E-state index in [1.165, 1.54) is 0 Å². The zero-order valence-corrected chi connectivity index (χ0v) is 24.0. The van der Waals surface area contributed by atoms with Crippen molar-refractivity contribution in [3.8, 4) is 0 Å². The molecule has 210 valence electrons. The molecule has 0 unspecified atom stereocenters. The van der Waals surface area contributed by atoms with E-state index in [0.29, 0.717) is 84.0 Å². The molecule has 1 fully saturated rings. The number of piperazine rings is 1. The SMILES string of the molecule is NCCC(=O)N1CCN(c2ccc(C(=O)NCCc3ccc(Cl)cc3Cl)cc2NC(=O)c2cccc(Cl)c2)CC1. The van der Waals surface area contributed by atoms with Gasteiger partial charge in [0.25, 0.3) is 11.8 Å². The van der Waals surface area contributed by atoms with Crippen LogP contribution in [0.25, 0.3) is 0 Å². The molecular formula is C29H30Cl3N5O3. The lowest BCUT2D eigenvalue weighted by atomic mass is 10.1. The number of nitrogens with two attached hydrogens (primary N) is 1. The Morgan fingerprint density at radius 3 is 2.25 bits per heavy atom. The van der Waals surface area contributed by atoms with Crippen molar-refractivity contribution < 1.29 is 14.4 Å². The first-order chi connectivity index (χ1) is 19.2. The van der Waals surface area contributed by atoms with Crippen LogP contribution in [-0.4, -0.2) is 61.9 Å². The topological polar surface area (TPSA) is 108 Å². The molecule has 0 aromatic heterocycles. The monoisotopic (exact) mass is 601 g/mol. The molecule has 3 aromatic rings. The molecule has 11 heteroatoms. The Bertz CT molecular complexity index is 1390. The van der Waals surface area contributed by atoms with Gasteiger partial charge in [-0.2, -0.15) is 0 Å². The minimum Gasteiger partial charge on any atom is -0.366 e. The first kappa shape index (κ1) is 29.7. The summed E-state index contributed by atoms with van der Waals surface area (Å²) in [5.74, 6) is -0.605. The van der Waals surface area contributed by atoms with Crippen LogP contribution in [0.2, 0.25) is 15.1 Å². The first-order valence-electron chi connectivity index (χ1n) is 12.9. The number of rotatable bonds is 9. The van der Waals surface area contributed by atoms with Crippen molar-refractivity contribution in [2.45, 2.75) is 12.8 Å². The number of nitrogens with one attached hydrogen (secondary N) is 2. The molecular weight excluding hydrogens is 573 g/mol. The quantitative estimate of drug-likeness (QED) is 0.324. The van der Waals surface area contributed by atoms with E-state index in [2.05, 4.69) is 15.5 Å². The molecule has 1 aliphatic heterocycles. The average molecular weight is 603 g/mol. The summed E-state index contributed by atoms with van der Waals surface area (Å²) in [6.45, 7) is 2.90. The first-order valence-corrected chi connectivity index (χ1v) is 14.0. The van der Waals surface area contributed by atoms with Gasteiger partial charge in [-0.05, 0) is 60.5 Å². The van der Waals surface area contributed by atoms with Gasteiger partial charge in [0.2, 0.25) is 5.91 Å². The zero-order chi connectivity index (χ0) is 28.6. The maximum Gasteiger partial charge on any atom is 0.255 e. The Labute approximate surface area is 248 Å². The predicted molar refractivity (Wildman–Crippen MR) is 161 cm³/mol. The minimum atomic E-state index is -0.351. The number of hydrogen-bond acceptors (Lipinski definition) is 5. The van der Waals surface area contributed by atoms with Crippen molar-refractivity contribution in [1.82, 2.24) is 10.2 Å². The van der Waals surface area contributed by atoms with E-state index in [0.717, 1.165) is 11.3 Å². The van der Waals surface area contributed by atoms with Gasteiger partial charge in [-0.25, -0.2) is 0 Å². The highest BCUT2D eigenvalue weighted by molar-refractivity contribution is 6.35. The number of anilines is 2. The molecule has 0 atom stereocenters. The van der Waals surface area contributed by atoms with Gasteiger partial charge in [-0.15, -0.1) is 0 Å². The largest absolute Gasteiger partial charge is 0.366 e. The molecule has 0 spiro atoms. The maximum atomic E-state index is 13.1. The van der Waals surface area contributed by atoms with Crippen LogP contribution in [0.5, 0.6) is 0 Å². The molecule has 0 aliphatic carbocycles. The van der Waals surface area contributed by atoms with Gasteiger partial charge >= 0.3 is 0 Å². The molecule has 1 heterocycles. The minimum absolute atomic E-state index is 0.0311. The third-order valence-electron chi connectivity index (χ3n) is 6.62. The lowest BCUT2D eigenvalue weighted by Crippen LogP contribution is -2.49. The Balaban J connectivity index is 1.51. The lowest BCUT2D eigenvalue weighted by molar-refractivity contribution is -0.131. The number of carbonyl (C=O) groups is 3. The number of benzene rings is 3. The van der Waals surface area contributed by atoms with E-state index in [1.54, 1.807) is 53.4 Å². The molecule has 1 saturated heterocycles. The van der Waals surface area contributed by atoms with Gasteiger partial charge < -0.3 is 26.2 Å². The Morgan fingerprint density at radius 1 is 0.825 bits per heavy atom. The third-order valence-corrected chi connectivity index (χ3v) is 7.44. The van der Waals surface area contributed by atoms with Crippen molar-refractivity contribution in [3.63, 3.8) is 0 Å². The molecule has 0 radical (unpaired) electrons. The van der Waals surface area contributed by atoms with Gasteiger partial charge in [0.05, 0.1) is 11.4 Å². The van der Waals surface area contributed by atoms with Crippen molar-refractivity contribution in [3.05, 3.63) is 92.4 Å². The molecule has 1 aliphatic rings. The summed E-state index contributed by atoms with van der Waals surface area (Å²) in [5, 5.41) is 7.40. The molecule has 3 amide bonds. The van der Waals surface area contributed by atoms with E-state index < -0.39 is 0 Å². The van der Waals surface area contributed by atoms with Crippen LogP contribution in [0.1, 0.15) is 32.7 Å². The highest BCUT2D eigenvalue weighted by Gasteiger charge is 2.24. The Kier molecular flexibility index (Phi) is 10.3. The number of carbonyl (C=O) groups excluding carboxylic acids is 3. The average Bonchev–Trinajstić information content (AvgIpc) is 2.94. The maximum absolute atomic E-state index is 13.1. The van der Waals surface area contributed by atoms with Crippen LogP contribution in [0.4, 0.5) is 11.4 Å². The second kappa shape index (κ2) is 13.9. The highest BCUT2D eigenvalue weighted by atomic mass is 35.5. The summed E-state index contributed by atoms with van der Waals surface area (Å²) >= 11 is 18.3. The van der Waals surface area contributed by atoms with E-state index in [-0.39, 0.29) is 17.7 Å². The van der Waals surface area contributed by atoms with Crippen LogP contribution in [0.3, 0.4) is 0 Å². The van der Waals surface area contributed by atoms with Crippen LogP contribution in [0.15, 0.2) is 60.7 Å². The summed E-state index contributed by atoms with van der Waals surface area (Å²) in [6, 6.07) is 17.1. The summed E-state index contributed by atoms with van der Waals surface area (Å²) in [6.07, 6.45) is 0.848. The number of hydrogen-bond donors (Lipinski definition) is 3. The highest BCUT2D eigenvalue weighted by Crippen LogP contribution is 2.29. The second-order valence-corrected chi connectivity index (χ2v) is 10.6. The van der Waals surface area contributed by atoms with Gasteiger partial charge in [-0.3, -0.25) is 14.4 Å². The molecule has 4 rings (SSSR count). The van der Waals surface area contributed by atoms with Gasteiger partial charge in [0.15, 0.2) is 0 Å². The van der Waals surface area contributed by atoms with Gasteiger partial charge in [-0.1, -0.05) is 46.9 Å². The number of halogens is 3.